The third kappa shape index (κ3) is 4.02. The molecule has 30 heavy (non-hydrogen) atoms. The molecule has 0 N–H and O–H groups in total. The summed E-state index contributed by atoms with van der Waals surface area (Å²) in [7, 11) is 3.23. The van der Waals surface area contributed by atoms with E-state index in [-0.39, 0.29) is 0 Å². The van der Waals surface area contributed by atoms with Crippen LogP contribution in [0.5, 0.6) is 11.5 Å². The summed E-state index contributed by atoms with van der Waals surface area (Å²) >= 11 is 1.50. The van der Waals surface area contributed by atoms with Crippen molar-refractivity contribution < 1.29 is 13.9 Å². The maximum absolute atomic E-state index is 5.78. The van der Waals surface area contributed by atoms with Crippen molar-refractivity contribution in [3.63, 3.8) is 0 Å². The van der Waals surface area contributed by atoms with E-state index in [1.165, 1.54) is 11.8 Å². The van der Waals surface area contributed by atoms with Crippen LogP contribution in [0.15, 0.2) is 58.1 Å². The first-order valence-electron chi connectivity index (χ1n) is 9.39. The second-order valence-electron chi connectivity index (χ2n) is 6.28. The summed E-state index contributed by atoms with van der Waals surface area (Å²) < 4.78 is 18.5. The Morgan fingerprint density at radius 2 is 1.70 bits per heavy atom. The van der Waals surface area contributed by atoms with E-state index >= 15 is 0 Å². The van der Waals surface area contributed by atoms with Gasteiger partial charge in [-0.2, -0.15) is 0 Å². The van der Waals surface area contributed by atoms with Crippen molar-refractivity contribution in [1.29, 1.82) is 0 Å². The molecule has 8 nitrogen and oxygen atoms in total. The van der Waals surface area contributed by atoms with Crippen molar-refractivity contribution in [2.45, 2.75) is 24.4 Å². The predicted octanol–water partition coefficient (Wildman–Crippen LogP) is 4.32. The summed E-state index contributed by atoms with van der Waals surface area (Å²) in [6.45, 7) is 2.77. The first-order valence-corrected chi connectivity index (χ1v) is 10.4. The first kappa shape index (κ1) is 20.0. The second kappa shape index (κ2) is 9.00. The molecule has 4 aromatic rings. The van der Waals surface area contributed by atoms with Gasteiger partial charge in [-0.1, -0.05) is 30.0 Å². The van der Waals surface area contributed by atoms with Gasteiger partial charge in [0.15, 0.2) is 22.5 Å². The number of methoxy groups -OCH3 is 2. The molecule has 0 aliphatic heterocycles. The predicted molar refractivity (Wildman–Crippen MR) is 114 cm³/mol. The van der Waals surface area contributed by atoms with Crippen LogP contribution in [0.4, 0.5) is 0 Å². The molecule has 0 radical (unpaired) electrons. The molecule has 2 aromatic heterocycles. The van der Waals surface area contributed by atoms with Crippen LogP contribution in [0.3, 0.4) is 0 Å². The fourth-order valence-electron chi connectivity index (χ4n) is 3.01. The average molecular weight is 423 g/mol. The molecule has 0 amide bonds. The van der Waals surface area contributed by atoms with Crippen LogP contribution in [0.25, 0.3) is 22.8 Å². The molecule has 0 atom stereocenters. The fraction of sp³-hybridized carbons (Fsp3) is 0.238. The molecule has 154 valence electrons. The van der Waals surface area contributed by atoms with Crippen LogP contribution < -0.4 is 9.47 Å². The fourth-order valence-corrected chi connectivity index (χ4v) is 3.84. The molecular weight excluding hydrogens is 402 g/mol. The lowest BCUT2D eigenvalue weighted by atomic mass is 10.2. The van der Waals surface area contributed by atoms with E-state index in [0.717, 1.165) is 28.7 Å². The molecule has 2 aromatic carbocycles. The summed E-state index contributed by atoms with van der Waals surface area (Å²) in [5, 5.41) is 17.8. The summed E-state index contributed by atoms with van der Waals surface area (Å²) in [5.41, 5.74) is 1.80. The number of nitrogens with zero attached hydrogens (tertiary/aromatic N) is 5. The van der Waals surface area contributed by atoms with Crippen molar-refractivity contribution in [1.82, 2.24) is 25.0 Å². The van der Waals surface area contributed by atoms with E-state index < -0.39 is 0 Å². The Labute approximate surface area is 178 Å². The molecular formula is C21H21N5O3S. The van der Waals surface area contributed by atoms with E-state index in [9.17, 15) is 0 Å². The van der Waals surface area contributed by atoms with E-state index in [2.05, 4.69) is 27.3 Å². The van der Waals surface area contributed by atoms with Gasteiger partial charge in [0, 0.05) is 17.7 Å². The number of ether oxygens (including phenoxy) is 2. The number of benzene rings is 2. The molecule has 2 heterocycles. The highest BCUT2D eigenvalue weighted by atomic mass is 32.2. The molecule has 0 aliphatic carbocycles. The molecule has 0 unspecified atom stereocenters. The van der Waals surface area contributed by atoms with Crippen molar-refractivity contribution in [2.24, 2.45) is 0 Å². The number of aromatic nitrogens is 5. The Bertz CT molecular complexity index is 1130. The molecule has 0 spiro atoms. The monoisotopic (exact) mass is 423 g/mol. The number of rotatable bonds is 8. The lowest BCUT2D eigenvalue weighted by molar-refractivity contribution is 0.355. The molecule has 9 heteroatoms. The van der Waals surface area contributed by atoms with E-state index in [4.69, 9.17) is 13.9 Å². The van der Waals surface area contributed by atoms with Crippen molar-refractivity contribution in [2.75, 3.05) is 14.2 Å². The average Bonchev–Trinajstić information content (AvgIpc) is 3.44. The SMILES string of the molecule is CCn1c(SCc2nnc(-c3ccccc3)o2)nnc1-c1ccc(OC)c(OC)c1. The van der Waals surface area contributed by atoms with Gasteiger partial charge in [-0.3, -0.25) is 0 Å². The maximum atomic E-state index is 5.78. The van der Waals surface area contributed by atoms with Crippen LogP contribution in [0, 0.1) is 0 Å². The van der Waals surface area contributed by atoms with Gasteiger partial charge in [0.2, 0.25) is 11.8 Å². The Balaban J connectivity index is 1.53. The van der Waals surface area contributed by atoms with Crippen molar-refractivity contribution in [3.8, 4) is 34.3 Å². The van der Waals surface area contributed by atoms with Gasteiger partial charge in [-0.15, -0.1) is 20.4 Å². The number of hydrogen-bond acceptors (Lipinski definition) is 8. The summed E-state index contributed by atoms with van der Waals surface area (Å²) in [6.07, 6.45) is 0. The van der Waals surface area contributed by atoms with Crippen LogP contribution in [-0.4, -0.2) is 39.2 Å². The molecule has 0 saturated carbocycles. The van der Waals surface area contributed by atoms with Gasteiger partial charge in [-0.05, 0) is 37.3 Å². The highest BCUT2D eigenvalue weighted by Crippen LogP contribution is 2.33. The Morgan fingerprint density at radius 1 is 0.900 bits per heavy atom. The van der Waals surface area contributed by atoms with Gasteiger partial charge in [0.25, 0.3) is 0 Å². The molecule has 0 saturated heterocycles. The topological polar surface area (TPSA) is 88.1 Å². The van der Waals surface area contributed by atoms with E-state index in [1.807, 2.05) is 53.1 Å². The van der Waals surface area contributed by atoms with Crippen LogP contribution in [0.1, 0.15) is 12.8 Å². The van der Waals surface area contributed by atoms with Gasteiger partial charge in [0.05, 0.1) is 20.0 Å². The van der Waals surface area contributed by atoms with Gasteiger partial charge in [-0.25, -0.2) is 0 Å². The number of thioether (sulfide) groups is 1. The third-order valence-electron chi connectivity index (χ3n) is 4.49. The highest BCUT2D eigenvalue weighted by Gasteiger charge is 2.17. The van der Waals surface area contributed by atoms with Crippen molar-refractivity contribution in [3.05, 3.63) is 54.4 Å². The lowest BCUT2D eigenvalue weighted by Gasteiger charge is -2.10. The summed E-state index contributed by atoms with van der Waals surface area (Å²) in [4.78, 5) is 0. The van der Waals surface area contributed by atoms with E-state index in [1.54, 1.807) is 14.2 Å². The van der Waals surface area contributed by atoms with Crippen molar-refractivity contribution >= 4 is 11.8 Å². The lowest BCUT2D eigenvalue weighted by Crippen LogP contribution is -2.00. The zero-order chi connectivity index (χ0) is 20.9. The minimum atomic E-state index is 0.504. The Hall–Kier alpha value is -3.33. The van der Waals surface area contributed by atoms with Crippen LogP contribution >= 0.6 is 11.8 Å². The normalized spacial score (nSPS) is 10.9. The number of hydrogen-bond donors (Lipinski definition) is 0. The quantitative estimate of drug-likeness (QED) is 0.387. The largest absolute Gasteiger partial charge is 0.493 e. The minimum absolute atomic E-state index is 0.504. The first-order chi connectivity index (χ1) is 14.7. The third-order valence-corrected chi connectivity index (χ3v) is 5.44. The Morgan fingerprint density at radius 3 is 2.43 bits per heavy atom. The molecule has 0 fully saturated rings. The summed E-state index contributed by atoms with van der Waals surface area (Å²) in [6, 6.07) is 15.4. The smallest absolute Gasteiger partial charge is 0.247 e. The van der Waals surface area contributed by atoms with E-state index in [0.29, 0.717) is 29.0 Å². The molecule has 4 rings (SSSR count). The zero-order valence-electron chi connectivity index (χ0n) is 16.9. The highest BCUT2D eigenvalue weighted by molar-refractivity contribution is 7.98. The standard InChI is InChI=1S/C21H21N5O3S/c1-4-26-19(15-10-11-16(27-2)17(12-15)28-3)23-25-21(26)30-13-18-22-24-20(29-18)14-8-6-5-7-9-14/h5-12H,4,13H2,1-3H3. The maximum Gasteiger partial charge on any atom is 0.247 e. The van der Waals surface area contributed by atoms with Gasteiger partial charge < -0.3 is 18.5 Å². The summed E-state index contributed by atoms with van der Waals surface area (Å²) in [5.74, 6) is 3.63. The van der Waals surface area contributed by atoms with Gasteiger partial charge in [0.1, 0.15) is 0 Å². The Kier molecular flexibility index (Phi) is 5.99. The second-order valence-corrected chi connectivity index (χ2v) is 7.22. The van der Waals surface area contributed by atoms with Crippen LogP contribution in [-0.2, 0) is 12.3 Å². The van der Waals surface area contributed by atoms with Gasteiger partial charge >= 0.3 is 0 Å². The molecule has 0 bridgehead atoms. The molecule has 0 aliphatic rings. The van der Waals surface area contributed by atoms with Crippen LogP contribution in [0.2, 0.25) is 0 Å². The zero-order valence-corrected chi connectivity index (χ0v) is 17.7. The minimum Gasteiger partial charge on any atom is -0.493 e.